The third kappa shape index (κ3) is 3.42. The molecule has 0 heterocycles. The van der Waals surface area contributed by atoms with E-state index in [0.717, 1.165) is 0 Å². The Balaban J connectivity index is 2.25. The normalized spacial score (nSPS) is 11.7. The van der Waals surface area contributed by atoms with Crippen molar-refractivity contribution in [2.45, 2.75) is 6.04 Å². The van der Waals surface area contributed by atoms with E-state index in [1.54, 1.807) is 55.6 Å². The van der Waals surface area contributed by atoms with E-state index in [2.05, 4.69) is 5.32 Å². The lowest BCUT2D eigenvalue weighted by Crippen LogP contribution is -2.34. The molecule has 0 amide bonds. The zero-order valence-corrected chi connectivity index (χ0v) is 11.6. The largest absolute Gasteiger partial charge is 0.548 e. The number of hydrogen-bond acceptors (Lipinski definition) is 4. The van der Waals surface area contributed by atoms with Gasteiger partial charge in [0.2, 0.25) is 0 Å². The Morgan fingerprint density at radius 1 is 1.25 bits per heavy atom. The second-order valence-corrected chi connectivity index (χ2v) is 4.62. The van der Waals surface area contributed by atoms with Crippen LogP contribution in [0.15, 0.2) is 48.5 Å². The average Bonchev–Trinajstić information content (AvgIpc) is 2.46. The van der Waals surface area contributed by atoms with Crippen LogP contribution in [0.25, 0.3) is 0 Å². The highest BCUT2D eigenvalue weighted by Crippen LogP contribution is 2.23. The maximum absolute atomic E-state index is 11.3. The summed E-state index contributed by atoms with van der Waals surface area (Å²) < 4.78 is 5.10. The number of hydrogen-bond donors (Lipinski definition) is 1. The van der Waals surface area contributed by atoms with Crippen molar-refractivity contribution in [1.29, 1.82) is 0 Å². The smallest absolute Gasteiger partial charge is 0.120 e. The average molecular weight is 291 g/mol. The molecule has 0 bridgehead atoms. The highest BCUT2D eigenvalue weighted by atomic mass is 35.5. The van der Waals surface area contributed by atoms with E-state index < -0.39 is 12.0 Å². The number of benzene rings is 2. The summed E-state index contributed by atoms with van der Waals surface area (Å²) in [6.45, 7) is 0. The Labute approximate surface area is 122 Å². The van der Waals surface area contributed by atoms with Gasteiger partial charge in [0.25, 0.3) is 0 Å². The molecule has 0 aliphatic carbocycles. The van der Waals surface area contributed by atoms with Gasteiger partial charge in [-0.3, -0.25) is 0 Å². The number of carboxylic acids is 1. The van der Waals surface area contributed by atoms with E-state index in [1.807, 2.05) is 0 Å². The Kier molecular flexibility index (Phi) is 4.48. The van der Waals surface area contributed by atoms with Crippen molar-refractivity contribution in [1.82, 2.24) is 0 Å². The standard InChI is InChI=1S/C15H14ClNO3/c1-20-13-4-2-3-12(9-13)17-14(15(18)19)10-5-7-11(16)8-6-10/h2-9,14,17H,1H3,(H,18,19)/p-1/t14-/m1/s1. The van der Waals surface area contributed by atoms with Gasteiger partial charge >= 0.3 is 0 Å². The SMILES string of the molecule is COc1cccc(N[C@@H](C(=O)[O-])c2ccc(Cl)cc2)c1. The van der Waals surface area contributed by atoms with Crippen molar-refractivity contribution in [3.05, 3.63) is 59.1 Å². The minimum absolute atomic E-state index is 0.548. The molecule has 0 radical (unpaired) electrons. The molecule has 5 heteroatoms. The van der Waals surface area contributed by atoms with Gasteiger partial charge in [-0.1, -0.05) is 29.8 Å². The summed E-state index contributed by atoms with van der Waals surface area (Å²) >= 11 is 5.80. The van der Waals surface area contributed by atoms with Crippen molar-refractivity contribution >= 4 is 23.3 Å². The quantitative estimate of drug-likeness (QED) is 0.917. The molecule has 2 aromatic rings. The summed E-state index contributed by atoms with van der Waals surface area (Å²) in [5, 5.41) is 14.8. The summed E-state index contributed by atoms with van der Waals surface area (Å²) in [5.41, 5.74) is 1.20. The molecule has 2 rings (SSSR count). The first-order valence-corrected chi connectivity index (χ1v) is 6.35. The lowest BCUT2D eigenvalue weighted by Gasteiger charge is -2.21. The fourth-order valence-corrected chi connectivity index (χ4v) is 1.94. The molecule has 1 atom stereocenters. The molecule has 104 valence electrons. The number of carboxylic acid groups (broad SMARTS) is 1. The first-order valence-electron chi connectivity index (χ1n) is 5.97. The molecule has 20 heavy (non-hydrogen) atoms. The molecule has 0 fully saturated rings. The Bertz CT molecular complexity index is 598. The molecule has 0 aliphatic rings. The van der Waals surface area contributed by atoms with E-state index in [9.17, 15) is 9.90 Å². The first kappa shape index (κ1) is 14.2. The summed E-state index contributed by atoms with van der Waals surface area (Å²) in [5.74, 6) is -0.571. The maximum atomic E-state index is 11.3. The lowest BCUT2D eigenvalue weighted by atomic mass is 10.1. The number of halogens is 1. The van der Waals surface area contributed by atoms with E-state index in [0.29, 0.717) is 22.0 Å². The summed E-state index contributed by atoms with van der Waals surface area (Å²) in [6, 6.07) is 12.6. The summed E-state index contributed by atoms with van der Waals surface area (Å²) in [6.07, 6.45) is 0. The van der Waals surface area contributed by atoms with Crippen molar-refractivity contribution in [2.75, 3.05) is 12.4 Å². The predicted octanol–water partition coefficient (Wildman–Crippen LogP) is 2.25. The predicted molar refractivity (Wildman–Crippen MR) is 75.8 cm³/mol. The van der Waals surface area contributed by atoms with Gasteiger partial charge in [-0.05, 0) is 29.8 Å². The number of anilines is 1. The van der Waals surface area contributed by atoms with Crippen molar-refractivity contribution in [2.24, 2.45) is 0 Å². The highest BCUT2D eigenvalue weighted by Gasteiger charge is 2.12. The number of rotatable bonds is 5. The minimum Gasteiger partial charge on any atom is -0.548 e. The van der Waals surface area contributed by atoms with Crippen LogP contribution in [0.3, 0.4) is 0 Å². The minimum atomic E-state index is -1.21. The number of carbonyl (C=O) groups is 1. The number of carbonyl (C=O) groups excluding carboxylic acids is 1. The van der Waals surface area contributed by atoms with Crippen molar-refractivity contribution < 1.29 is 14.6 Å². The Morgan fingerprint density at radius 3 is 2.55 bits per heavy atom. The first-order chi connectivity index (χ1) is 9.60. The van der Waals surface area contributed by atoms with Gasteiger partial charge in [-0.25, -0.2) is 0 Å². The molecule has 0 saturated carbocycles. The zero-order valence-electron chi connectivity index (χ0n) is 10.8. The highest BCUT2D eigenvalue weighted by molar-refractivity contribution is 6.30. The topological polar surface area (TPSA) is 61.4 Å². The number of nitrogens with one attached hydrogen (secondary N) is 1. The molecular weight excluding hydrogens is 278 g/mol. The van der Waals surface area contributed by atoms with Crippen LogP contribution in [0.1, 0.15) is 11.6 Å². The summed E-state index contributed by atoms with van der Waals surface area (Å²) in [7, 11) is 1.55. The van der Waals surface area contributed by atoms with Gasteiger partial charge in [0, 0.05) is 16.8 Å². The van der Waals surface area contributed by atoms with Crippen LogP contribution in [0.4, 0.5) is 5.69 Å². The molecule has 0 unspecified atom stereocenters. The van der Waals surface area contributed by atoms with Crippen molar-refractivity contribution in [3.8, 4) is 5.75 Å². The van der Waals surface area contributed by atoms with Gasteiger partial charge < -0.3 is 20.0 Å². The number of ether oxygens (including phenoxy) is 1. The molecule has 2 aromatic carbocycles. The molecule has 0 aromatic heterocycles. The number of methoxy groups -OCH3 is 1. The third-order valence-corrected chi connectivity index (χ3v) is 3.07. The van der Waals surface area contributed by atoms with Crippen LogP contribution in [-0.2, 0) is 4.79 Å². The maximum Gasteiger partial charge on any atom is 0.120 e. The van der Waals surface area contributed by atoms with E-state index >= 15 is 0 Å². The van der Waals surface area contributed by atoms with E-state index in [1.165, 1.54) is 0 Å². The lowest BCUT2D eigenvalue weighted by molar-refractivity contribution is -0.307. The molecule has 0 aliphatic heterocycles. The van der Waals surface area contributed by atoms with Gasteiger partial charge in [0.1, 0.15) is 5.75 Å². The Hall–Kier alpha value is -2.20. The van der Waals surface area contributed by atoms with Gasteiger partial charge in [0.15, 0.2) is 0 Å². The molecule has 0 spiro atoms. The fraction of sp³-hybridized carbons (Fsp3) is 0.133. The van der Waals surface area contributed by atoms with Crippen LogP contribution in [0, 0.1) is 0 Å². The monoisotopic (exact) mass is 290 g/mol. The fourth-order valence-electron chi connectivity index (χ4n) is 1.81. The van der Waals surface area contributed by atoms with Crippen LogP contribution in [0.5, 0.6) is 5.75 Å². The van der Waals surface area contributed by atoms with Crippen molar-refractivity contribution in [3.63, 3.8) is 0 Å². The number of aliphatic carboxylic acids is 1. The zero-order chi connectivity index (χ0) is 14.5. The summed E-state index contributed by atoms with van der Waals surface area (Å²) in [4.78, 5) is 11.3. The van der Waals surface area contributed by atoms with E-state index in [4.69, 9.17) is 16.3 Å². The second kappa shape index (κ2) is 6.30. The van der Waals surface area contributed by atoms with E-state index in [-0.39, 0.29) is 0 Å². The molecule has 1 N–H and O–H groups in total. The van der Waals surface area contributed by atoms with Crippen LogP contribution in [0.2, 0.25) is 5.02 Å². The van der Waals surface area contributed by atoms with Crippen LogP contribution in [-0.4, -0.2) is 13.1 Å². The molecular formula is C15H13ClNO3-. The van der Waals surface area contributed by atoms with Gasteiger partial charge in [0.05, 0.1) is 19.1 Å². The van der Waals surface area contributed by atoms with Crippen LogP contribution >= 0.6 is 11.6 Å². The van der Waals surface area contributed by atoms with Gasteiger partial charge in [-0.2, -0.15) is 0 Å². The third-order valence-electron chi connectivity index (χ3n) is 2.82. The molecule has 4 nitrogen and oxygen atoms in total. The van der Waals surface area contributed by atoms with Crippen LogP contribution < -0.4 is 15.2 Å². The Morgan fingerprint density at radius 2 is 1.95 bits per heavy atom. The second-order valence-electron chi connectivity index (χ2n) is 4.18. The molecule has 0 saturated heterocycles. The van der Waals surface area contributed by atoms with Gasteiger partial charge in [-0.15, -0.1) is 0 Å².